The summed E-state index contributed by atoms with van der Waals surface area (Å²) in [5.41, 5.74) is 5.70. The van der Waals surface area contributed by atoms with Gasteiger partial charge in [0.25, 0.3) is 0 Å². The average molecular weight is 375 g/mol. The molecule has 4 heterocycles. The normalized spacial score (nSPS) is 22.8. The molecule has 0 saturated heterocycles. The van der Waals surface area contributed by atoms with Crippen LogP contribution in [0.3, 0.4) is 0 Å². The van der Waals surface area contributed by atoms with Gasteiger partial charge in [-0.15, -0.1) is 0 Å². The van der Waals surface area contributed by atoms with E-state index < -0.39 is 0 Å². The van der Waals surface area contributed by atoms with Crippen LogP contribution < -0.4 is 0 Å². The van der Waals surface area contributed by atoms with Crippen molar-refractivity contribution in [1.29, 1.82) is 0 Å². The monoisotopic (exact) mass is 374 g/mol. The molecule has 1 aromatic carbocycles. The third-order valence-corrected chi connectivity index (χ3v) is 6.73. The fourth-order valence-electron chi connectivity index (χ4n) is 4.91. The SMILES string of the molecule is C[C@H]1c2cccn2CCN1Cc1ccc(CN2CCn3cccc3[C@@H]2C)cc1. The van der Waals surface area contributed by atoms with Crippen LogP contribution in [-0.4, -0.2) is 32.0 Å². The van der Waals surface area contributed by atoms with E-state index in [0.717, 1.165) is 39.3 Å². The smallest absolute Gasteiger partial charge is 0.0476 e. The predicted molar refractivity (Wildman–Crippen MR) is 113 cm³/mol. The van der Waals surface area contributed by atoms with Crippen LogP contribution in [0.5, 0.6) is 0 Å². The van der Waals surface area contributed by atoms with Crippen molar-refractivity contribution in [1.82, 2.24) is 18.9 Å². The average Bonchev–Trinajstić information content (AvgIpc) is 3.37. The highest BCUT2D eigenvalue weighted by molar-refractivity contribution is 5.24. The topological polar surface area (TPSA) is 16.3 Å². The van der Waals surface area contributed by atoms with Crippen molar-refractivity contribution in [2.24, 2.45) is 0 Å². The molecule has 2 aromatic heterocycles. The Kier molecular flexibility index (Phi) is 4.61. The Hall–Kier alpha value is -2.30. The first-order chi connectivity index (χ1) is 13.7. The highest BCUT2D eigenvalue weighted by Gasteiger charge is 2.24. The van der Waals surface area contributed by atoms with E-state index in [1.807, 2.05) is 0 Å². The van der Waals surface area contributed by atoms with Gasteiger partial charge in [-0.25, -0.2) is 0 Å². The zero-order valence-electron chi connectivity index (χ0n) is 17.0. The Morgan fingerprint density at radius 2 is 1.07 bits per heavy atom. The molecule has 2 aliphatic heterocycles. The lowest BCUT2D eigenvalue weighted by Crippen LogP contribution is -2.36. The molecule has 0 radical (unpaired) electrons. The highest BCUT2D eigenvalue weighted by atomic mass is 15.2. The summed E-state index contributed by atoms with van der Waals surface area (Å²) in [5.74, 6) is 0. The molecule has 0 N–H and O–H groups in total. The largest absolute Gasteiger partial charge is 0.349 e. The zero-order chi connectivity index (χ0) is 19.1. The van der Waals surface area contributed by atoms with Crippen molar-refractivity contribution in [3.8, 4) is 0 Å². The molecular formula is C24H30N4. The van der Waals surface area contributed by atoms with Gasteiger partial charge in [0.1, 0.15) is 0 Å². The minimum absolute atomic E-state index is 0.480. The molecule has 0 saturated carbocycles. The molecule has 2 atom stereocenters. The maximum absolute atomic E-state index is 2.59. The molecule has 28 heavy (non-hydrogen) atoms. The van der Waals surface area contributed by atoms with Crippen molar-refractivity contribution in [2.75, 3.05) is 13.1 Å². The Balaban J connectivity index is 1.23. The second-order valence-electron chi connectivity index (χ2n) is 8.36. The number of hydrogen-bond acceptors (Lipinski definition) is 2. The third-order valence-electron chi connectivity index (χ3n) is 6.73. The quantitative estimate of drug-likeness (QED) is 0.671. The number of hydrogen-bond donors (Lipinski definition) is 0. The lowest BCUT2D eigenvalue weighted by molar-refractivity contribution is 0.159. The van der Waals surface area contributed by atoms with Crippen LogP contribution >= 0.6 is 0 Å². The summed E-state index contributed by atoms with van der Waals surface area (Å²) in [5, 5.41) is 0. The van der Waals surface area contributed by atoms with Crippen molar-refractivity contribution in [3.63, 3.8) is 0 Å². The Morgan fingerprint density at radius 1 is 0.643 bits per heavy atom. The molecule has 146 valence electrons. The standard InChI is InChI=1S/C24H30N4/c1-19-23-5-3-11-25(23)13-15-27(19)17-21-7-9-22(10-8-21)18-28-16-14-26-12-4-6-24(26)20(28)2/h3-12,19-20H,13-18H2,1-2H3/t19-,20-/m0/s1. The molecule has 0 spiro atoms. The summed E-state index contributed by atoms with van der Waals surface area (Å²) >= 11 is 0. The number of nitrogens with zero attached hydrogens (tertiary/aromatic N) is 4. The minimum Gasteiger partial charge on any atom is -0.349 e. The van der Waals surface area contributed by atoms with Gasteiger partial charge in [-0.1, -0.05) is 24.3 Å². The fourth-order valence-corrected chi connectivity index (χ4v) is 4.91. The van der Waals surface area contributed by atoms with E-state index in [9.17, 15) is 0 Å². The maximum atomic E-state index is 2.59. The second-order valence-corrected chi connectivity index (χ2v) is 8.36. The van der Waals surface area contributed by atoms with Crippen molar-refractivity contribution in [2.45, 2.75) is 52.1 Å². The van der Waals surface area contributed by atoms with Crippen molar-refractivity contribution < 1.29 is 0 Å². The minimum atomic E-state index is 0.480. The summed E-state index contributed by atoms with van der Waals surface area (Å²) < 4.78 is 4.78. The van der Waals surface area contributed by atoms with E-state index in [4.69, 9.17) is 0 Å². The van der Waals surface area contributed by atoms with Gasteiger partial charge in [0.15, 0.2) is 0 Å². The third kappa shape index (κ3) is 3.21. The number of fused-ring (bicyclic) bond motifs is 2. The Bertz CT molecular complexity index is 858. The number of benzene rings is 1. The molecule has 3 aromatic rings. The Labute approximate surface area is 168 Å². The van der Waals surface area contributed by atoms with E-state index in [2.05, 4.69) is 93.7 Å². The summed E-state index contributed by atoms with van der Waals surface area (Å²) in [4.78, 5) is 5.18. The van der Waals surface area contributed by atoms with Crippen LogP contribution in [0.25, 0.3) is 0 Å². The van der Waals surface area contributed by atoms with Crippen LogP contribution in [0, 0.1) is 0 Å². The lowest BCUT2D eigenvalue weighted by atomic mass is 10.1. The van der Waals surface area contributed by atoms with Gasteiger partial charge in [-0.2, -0.15) is 0 Å². The molecule has 4 nitrogen and oxygen atoms in total. The van der Waals surface area contributed by atoms with E-state index >= 15 is 0 Å². The van der Waals surface area contributed by atoms with Gasteiger partial charge < -0.3 is 9.13 Å². The summed E-state index contributed by atoms with van der Waals surface area (Å²) in [6.45, 7) is 11.1. The molecule has 5 rings (SSSR count). The molecular weight excluding hydrogens is 344 g/mol. The van der Waals surface area contributed by atoms with Crippen LogP contribution in [-0.2, 0) is 26.2 Å². The molecule has 2 aliphatic rings. The molecule has 4 heteroatoms. The van der Waals surface area contributed by atoms with Gasteiger partial charge in [0, 0.05) is 75.1 Å². The molecule has 0 bridgehead atoms. The highest BCUT2D eigenvalue weighted by Crippen LogP contribution is 2.28. The molecule has 0 fully saturated rings. The van der Waals surface area contributed by atoms with Crippen LogP contribution in [0.1, 0.15) is 48.4 Å². The predicted octanol–water partition coefficient (Wildman–Crippen LogP) is 4.44. The van der Waals surface area contributed by atoms with E-state index in [1.54, 1.807) is 0 Å². The number of rotatable bonds is 4. The van der Waals surface area contributed by atoms with Crippen molar-refractivity contribution in [3.05, 3.63) is 83.4 Å². The molecule has 0 amide bonds. The van der Waals surface area contributed by atoms with Crippen molar-refractivity contribution >= 4 is 0 Å². The maximum Gasteiger partial charge on any atom is 0.0476 e. The first-order valence-corrected chi connectivity index (χ1v) is 10.5. The van der Waals surface area contributed by atoms with Gasteiger partial charge >= 0.3 is 0 Å². The summed E-state index contributed by atoms with van der Waals surface area (Å²) in [6, 6.07) is 19.1. The first kappa shape index (κ1) is 17.8. The van der Waals surface area contributed by atoms with Gasteiger partial charge in [0.05, 0.1) is 0 Å². The van der Waals surface area contributed by atoms with Gasteiger partial charge in [-0.3, -0.25) is 9.80 Å². The Morgan fingerprint density at radius 3 is 1.50 bits per heavy atom. The summed E-state index contributed by atoms with van der Waals surface area (Å²) in [7, 11) is 0. The van der Waals surface area contributed by atoms with Gasteiger partial charge in [-0.05, 0) is 49.2 Å². The van der Waals surface area contributed by atoms with E-state index in [0.29, 0.717) is 12.1 Å². The molecule has 0 unspecified atom stereocenters. The molecule has 0 aliphatic carbocycles. The van der Waals surface area contributed by atoms with E-state index in [-0.39, 0.29) is 0 Å². The lowest BCUT2D eigenvalue weighted by Gasteiger charge is -2.35. The number of aromatic nitrogens is 2. The van der Waals surface area contributed by atoms with Crippen LogP contribution in [0.15, 0.2) is 60.9 Å². The first-order valence-electron chi connectivity index (χ1n) is 10.5. The zero-order valence-corrected chi connectivity index (χ0v) is 17.0. The fraction of sp³-hybridized carbons (Fsp3) is 0.417. The van der Waals surface area contributed by atoms with Crippen LogP contribution in [0.4, 0.5) is 0 Å². The summed E-state index contributed by atoms with van der Waals surface area (Å²) in [6.07, 6.45) is 4.41. The second kappa shape index (κ2) is 7.26. The van der Waals surface area contributed by atoms with Crippen LogP contribution in [0.2, 0.25) is 0 Å². The van der Waals surface area contributed by atoms with E-state index in [1.165, 1.54) is 22.5 Å². The van der Waals surface area contributed by atoms with Gasteiger partial charge in [0.2, 0.25) is 0 Å².